The van der Waals surface area contributed by atoms with Crippen LogP contribution in [0.25, 0.3) is 0 Å². The Balaban J connectivity index is 2.39. The third-order valence-corrected chi connectivity index (χ3v) is 6.30. The standard InChI is InChI=1S/C19H34O/c1-5-6-11-18(4)16(15(2)3)10-13-19(14-20)12-8-7-9-17(18)19/h9,15-16,20H,5-8,10-14H2,1-4H3/t16-,18-,19+/m0/s1. The molecule has 1 heteroatoms. The van der Waals surface area contributed by atoms with Crippen molar-refractivity contribution in [3.8, 4) is 0 Å². The summed E-state index contributed by atoms with van der Waals surface area (Å²) in [4.78, 5) is 0. The summed E-state index contributed by atoms with van der Waals surface area (Å²) < 4.78 is 0. The molecule has 0 heterocycles. The molecule has 0 radical (unpaired) electrons. The lowest BCUT2D eigenvalue weighted by atomic mass is 9.49. The van der Waals surface area contributed by atoms with Crippen molar-refractivity contribution in [2.24, 2.45) is 22.7 Å². The predicted molar refractivity (Wildman–Crippen MR) is 86.6 cm³/mol. The highest BCUT2D eigenvalue weighted by molar-refractivity contribution is 5.29. The Kier molecular flexibility index (Phi) is 5.00. The van der Waals surface area contributed by atoms with Gasteiger partial charge in [-0.1, -0.05) is 52.2 Å². The van der Waals surface area contributed by atoms with Gasteiger partial charge in [-0.25, -0.2) is 0 Å². The molecule has 2 aliphatic carbocycles. The first-order valence-electron chi connectivity index (χ1n) is 8.82. The third kappa shape index (κ3) is 2.58. The molecule has 1 saturated carbocycles. The molecule has 0 unspecified atom stereocenters. The summed E-state index contributed by atoms with van der Waals surface area (Å²) in [7, 11) is 0. The van der Waals surface area contributed by atoms with Crippen LogP contribution < -0.4 is 0 Å². The first-order chi connectivity index (χ1) is 9.50. The molecule has 3 atom stereocenters. The van der Waals surface area contributed by atoms with E-state index in [1.807, 2.05) is 0 Å². The molecule has 2 rings (SSSR count). The van der Waals surface area contributed by atoms with Crippen LogP contribution in [0.2, 0.25) is 0 Å². The van der Waals surface area contributed by atoms with Crippen molar-refractivity contribution in [1.29, 1.82) is 0 Å². The fourth-order valence-electron chi connectivity index (χ4n) is 5.26. The molecule has 0 spiro atoms. The third-order valence-electron chi connectivity index (χ3n) is 6.30. The van der Waals surface area contributed by atoms with Crippen LogP contribution in [0.4, 0.5) is 0 Å². The quantitative estimate of drug-likeness (QED) is 0.673. The first-order valence-corrected chi connectivity index (χ1v) is 8.82. The van der Waals surface area contributed by atoms with E-state index in [4.69, 9.17) is 0 Å². The lowest BCUT2D eigenvalue weighted by Gasteiger charge is -2.56. The van der Waals surface area contributed by atoms with Gasteiger partial charge in [-0.15, -0.1) is 0 Å². The fraction of sp³-hybridized carbons (Fsp3) is 0.895. The maximum absolute atomic E-state index is 10.1. The monoisotopic (exact) mass is 278 g/mol. The summed E-state index contributed by atoms with van der Waals surface area (Å²) in [6.07, 6.45) is 12.6. The second-order valence-electron chi connectivity index (χ2n) is 7.86. The van der Waals surface area contributed by atoms with Gasteiger partial charge in [0, 0.05) is 5.41 Å². The highest BCUT2D eigenvalue weighted by Gasteiger charge is 2.51. The summed E-state index contributed by atoms with van der Waals surface area (Å²) >= 11 is 0. The van der Waals surface area contributed by atoms with E-state index in [0.29, 0.717) is 12.0 Å². The Hall–Kier alpha value is -0.300. The maximum Gasteiger partial charge on any atom is 0.0524 e. The van der Waals surface area contributed by atoms with Gasteiger partial charge in [-0.2, -0.15) is 0 Å². The molecule has 20 heavy (non-hydrogen) atoms. The van der Waals surface area contributed by atoms with Gasteiger partial charge in [-0.05, 0) is 55.8 Å². The van der Waals surface area contributed by atoms with E-state index >= 15 is 0 Å². The van der Waals surface area contributed by atoms with Gasteiger partial charge in [0.25, 0.3) is 0 Å². The number of rotatable bonds is 5. The smallest absolute Gasteiger partial charge is 0.0524 e. The van der Waals surface area contributed by atoms with Crippen LogP contribution >= 0.6 is 0 Å². The van der Waals surface area contributed by atoms with Gasteiger partial charge in [-0.3, -0.25) is 0 Å². The summed E-state index contributed by atoms with van der Waals surface area (Å²) in [5.74, 6) is 1.54. The van der Waals surface area contributed by atoms with Crippen LogP contribution in [-0.2, 0) is 0 Å². The van der Waals surface area contributed by atoms with Gasteiger partial charge < -0.3 is 5.11 Å². The van der Waals surface area contributed by atoms with Gasteiger partial charge in [0.05, 0.1) is 6.61 Å². The average molecular weight is 278 g/mol. The summed E-state index contributed by atoms with van der Waals surface area (Å²) in [6.45, 7) is 9.96. The van der Waals surface area contributed by atoms with Gasteiger partial charge in [0.1, 0.15) is 0 Å². The molecule has 0 aromatic carbocycles. The fourth-order valence-corrected chi connectivity index (χ4v) is 5.26. The summed E-state index contributed by atoms with van der Waals surface area (Å²) in [6, 6.07) is 0. The Labute approximate surface area is 125 Å². The zero-order chi connectivity index (χ0) is 14.8. The minimum absolute atomic E-state index is 0.131. The van der Waals surface area contributed by atoms with E-state index < -0.39 is 0 Å². The van der Waals surface area contributed by atoms with Crippen LogP contribution in [0.15, 0.2) is 11.6 Å². The number of hydrogen-bond donors (Lipinski definition) is 1. The van der Waals surface area contributed by atoms with Crippen molar-refractivity contribution in [2.75, 3.05) is 6.61 Å². The molecule has 0 aromatic rings. The largest absolute Gasteiger partial charge is 0.395 e. The van der Waals surface area contributed by atoms with Crippen molar-refractivity contribution in [3.63, 3.8) is 0 Å². The van der Waals surface area contributed by atoms with Gasteiger partial charge in [0.2, 0.25) is 0 Å². The van der Waals surface area contributed by atoms with E-state index in [1.54, 1.807) is 5.57 Å². The number of aliphatic hydroxyl groups excluding tert-OH is 1. The molecule has 1 N–H and O–H groups in total. The van der Waals surface area contributed by atoms with Crippen molar-refractivity contribution in [1.82, 2.24) is 0 Å². The topological polar surface area (TPSA) is 20.2 Å². The second-order valence-corrected chi connectivity index (χ2v) is 7.86. The van der Waals surface area contributed by atoms with Crippen molar-refractivity contribution < 1.29 is 5.11 Å². The highest BCUT2D eigenvalue weighted by atomic mass is 16.3. The Morgan fingerprint density at radius 1 is 1.35 bits per heavy atom. The Morgan fingerprint density at radius 2 is 2.10 bits per heavy atom. The normalized spacial score (nSPS) is 37.7. The van der Waals surface area contributed by atoms with Crippen molar-refractivity contribution in [2.45, 2.75) is 79.1 Å². The lowest BCUT2D eigenvalue weighted by molar-refractivity contribution is 0.0130. The van der Waals surface area contributed by atoms with Crippen LogP contribution in [0.1, 0.15) is 79.1 Å². The zero-order valence-electron chi connectivity index (χ0n) is 14.0. The number of unbranched alkanes of at least 4 members (excludes halogenated alkanes) is 1. The van der Waals surface area contributed by atoms with Crippen LogP contribution in [0, 0.1) is 22.7 Å². The molecule has 0 aliphatic heterocycles. The van der Waals surface area contributed by atoms with Crippen LogP contribution in [-0.4, -0.2) is 11.7 Å². The summed E-state index contributed by atoms with van der Waals surface area (Å²) in [5.41, 5.74) is 2.09. The average Bonchev–Trinajstić information content (AvgIpc) is 2.45. The van der Waals surface area contributed by atoms with E-state index in [0.717, 1.165) is 11.8 Å². The molecular weight excluding hydrogens is 244 g/mol. The van der Waals surface area contributed by atoms with Gasteiger partial charge in [0.15, 0.2) is 0 Å². The van der Waals surface area contributed by atoms with Crippen molar-refractivity contribution >= 4 is 0 Å². The van der Waals surface area contributed by atoms with Crippen LogP contribution in [0.3, 0.4) is 0 Å². The van der Waals surface area contributed by atoms with E-state index in [1.165, 1.54) is 51.4 Å². The number of fused-ring (bicyclic) bond motifs is 1. The van der Waals surface area contributed by atoms with E-state index in [-0.39, 0.29) is 5.41 Å². The molecule has 0 aromatic heterocycles. The lowest BCUT2D eigenvalue weighted by Crippen LogP contribution is -2.48. The summed E-state index contributed by atoms with van der Waals surface area (Å²) in [5, 5.41) is 10.1. The molecular formula is C19H34O. The second kappa shape index (κ2) is 6.22. The van der Waals surface area contributed by atoms with Crippen LogP contribution in [0.5, 0.6) is 0 Å². The molecule has 0 amide bonds. The molecule has 0 bridgehead atoms. The molecule has 0 saturated heterocycles. The number of aliphatic hydroxyl groups is 1. The minimum Gasteiger partial charge on any atom is -0.395 e. The van der Waals surface area contributed by atoms with E-state index in [9.17, 15) is 5.11 Å². The van der Waals surface area contributed by atoms with Crippen molar-refractivity contribution in [3.05, 3.63) is 11.6 Å². The number of hydrogen-bond acceptors (Lipinski definition) is 1. The first kappa shape index (κ1) is 16.1. The number of allylic oxidation sites excluding steroid dienone is 1. The SMILES string of the molecule is CCCC[C@]1(C)C2=CCCC[C@]2(CO)CC[C@H]1C(C)C. The Bertz CT molecular complexity index is 357. The zero-order valence-corrected chi connectivity index (χ0v) is 14.0. The minimum atomic E-state index is 0.131. The van der Waals surface area contributed by atoms with E-state index in [2.05, 4.69) is 33.8 Å². The molecule has 1 fully saturated rings. The molecule has 2 aliphatic rings. The molecule has 1 nitrogen and oxygen atoms in total. The maximum atomic E-state index is 10.1. The Morgan fingerprint density at radius 3 is 2.70 bits per heavy atom. The predicted octanol–water partition coefficient (Wildman–Crippen LogP) is 5.34. The molecule has 116 valence electrons. The highest BCUT2D eigenvalue weighted by Crippen LogP contribution is 2.60. The van der Waals surface area contributed by atoms with Gasteiger partial charge >= 0.3 is 0 Å².